The van der Waals surface area contributed by atoms with Crippen LogP contribution in [0, 0.1) is 0 Å². The molecule has 1 aromatic carbocycles. The molecule has 46 heavy (non-hydrogen) atoms. The molecule has 0 bridgehead atoms. The van der Waals surface area contributed by atoms with Crippen molar-refractivity contribution in [2.75, 3.05) is 24.6 Å². The lowest BCUT2D eigenvalue weighted by molar-refractivity contribution is -0.158. The van der Waals surface area contributed by atoms with Crippen LogP contribution in [0.3, 0.4) is 0 Å². The SMILES string of the molecule is CCCC(NC(=O)C1CC2(CN1C(=O)OC(C)(C)C)SCCS2)C(O)C(=O)NCC(=O)N[C@H](C(=O)OC(C)(C)C)c1ccccc1. The fraction of sp³-hybridized carbons (Fsp3) is 0.656. The van der Waals surface area contributed by atoms with Crippen LogP contribution in [-0.4, -0.2) is 97.9 Å². The van der Waals surface area contributed by atoms with Crippen molar-refractivity contribution in [2.45, 2.75) is 107 Å². The van der Waals surface area contributed by atoms with Crippen molar-refractivity contribution in [1.82, 2.24) is 20.9 Å². The normalized spacial score (nSPS) is 19.6. The molecule has 0 radical (unpaired) electrons. The molecule has 2 saturated heterocycles. The molecule has 4 N–H and O–H groups in total. The van der Waals surface area contributed by atoms with Crippen LogP contribution in [0.1, 0.15) is 79.3 Å². The highest BCUT2D eigenvalue weighted by atomic mass is 32.2. The average molecular weight is 681 g/mol. The first-order valence-corrected chi connectivity index (χ1v) is 17.5. The Labute approximate surface area is 279 Å². The number of amides is 4. The summed E-state index contributed by atoms with van der Waals surface area (Å²) in [5.74, 6) is -0.857. The molecule has 4 amide bonds. The van der Waals surface area contributed by atoms with Gasteiger partial charge < -0.3 is 30.5 Å². The third-order valence-electron chi connectivity index (χ3n) is 7.12. The van der Waals surface area contributed by atoms with Crippen LogP contribution in [0.2, 0.25) is 0 Å². The van der Waals surface area contributed by atoms with Crippen molar-refractivity contribution in [3.63, 3.8) is 0 Å². The summed E-state index contributed by atoms with van der Waals surface area (Å²) < 4.78 is 10.8. The van der Waals surface area contributed by atoms with E-state index in [2.05, 4.69) is 16.0 Å². The highest BCUT2D eigenvalue weighted by molar-refractivity contribution is 8.21. The van der Waals surface area contributed by atoms with Gasteiger partial charge in [0, 0.05) is 24.5 Å². The monoisotopic (exact) mass is 680 g/mol. The molecule has 3 rings (SSSR count). The second-order valence-corrected chi connectivity index (χ2v) is 16.7. The predicted molar refractivity (Wildman–Crippen MR) is 178 cm³/mol. The Hall–Kier alpha value is -2.97. The van der Waals surface area contributed by atoms with Crippen LogP contribution in [0.4, 0.5) is 4.79 Å². The Kier molecular flexibility index (Phi) is 12.8. The average Bonchev–Trinajstić information content (AvgIpc) is 3.59. The van der Waals surface area contributed by atoms with Crippen molar-refractivity contribution in [1.29, 1.82) is 0 Å². The number of thioether (sulfide) groups is 2. The zero-order valence-electron chi connectivity index (χ0n) is 27.7. The molecule has 14 heteroatoms. The molecule has 0 aromatic heterocycles. The molecule has 1 aromatic rings. The highest BCUT2D eigenvalue weighted by Crippen LogP contribution is 2.52. The summed E-state index contributed by atoms with van der Waals surface area (Å²) in [6.45, 7) is 12.1. The van der Waals surface area contributed by atoms with Gasteiger partial charge in [-0.05, 0) is 53.5 Å². The van der Waals surface area contributed by atoms with E-state index in [9.17, 15) is 29.1 Å². The molecule has 3 unspecified atom stereocenters. The third-order valence-corrected chi connectivity index (χ3v) is 10.5. The maximum absolute atomic E-state index is 13.6. The van der Waals surface area contributed by atoms with E-state index in [1.165, 1.54) is 4.90 Å². The first-order valence-electron chi connectivity index (χ1n) is 15.5. The van der Waals surface area contributed by atoms with Crippen molar-refractivity contribution < 1.29 is 38.6 Å². The van der Waals surface area contributed by atoms with Gasteiger partial charge in [-0.3, -0.25) is 19.3 Å². The van der Waals surface area contributed by atoms with E-state index in [0.29, 0.717) is 24.9 Å². The number of carbonyl (C=O) groups is 5. The van der Waals surface area contributed by atoms with Crippen LogP contribution in [0.5, 0.6) is 0 Å². The minimum absolute atomic E-state index is 0.273. The van der Waals surface area contributed by atoms with Gasteiger partial charge in [0.1, 0.15) is 17.2 Å². The van der Waals surface area contributed by atoms with Crippen LogP contribution in [-0.2, 0) is 28.7 Å². The lowest BCUT2D eigenvalue weighted by Crippen LogP contribution is -2.56. The Bertz CT molecular complexity index is 1240. The highest BCUT2D eigenvalue weighted by Gasteiger charge is 2.52. The number of rotatable bonds is 11. The van der Waals surface area contributed by atoms with Crippen LogP contribution in [0.15, 0.2) is 30.3 Å². The number of esters is 1. The zero-order valence-corrected chi connectivity index (χ0v) is 29.3. The maximum Gasteiger partial charge on any atom is 0.411 e. The topological polar surface area (TPSA) is 163 Å². The summed E-state index contributed by atoms with van der Waals surface area (Å²) in [5, 5.41) is 18.8. The largest absolute Gasteiger partial charge is 0.458 e. The lowest BCUT2D eigenvalue weighted by atomic mass is 10.0. The summed E-state index contributed by atoms with van der Waals surface area (Å²) in [6, 6.07) is 5.66. The number of likely N-dealkylation sites (tertiary alicyclic amines) is 1. The second kappa shape index (κ2) is 15.7. The molecular weight excluding hydrogens is 633 g/mol. The molecule has 4 atom stereocenters. The maximum atomic E-state index is 13.6. The van der Waals surface area contributed by atoms with Crippen LogP contribution >= 0.6 is 23.5 Å². The van der Waals surface area contributed by atoms with E-state index < -0.39 is 71.8 Å². The fourth-order valence-electron chi connectivity index (χ4n) is 5.14. The van der Waals surface area contributed by atoms with Gasteiger partial charge >= 0.3 is 12.1 Å². The van der Waals surface area contributed by atoms with Gasteiger partial charge in [0.05, 0.1) is 16.7 Å². The quantitative estimate of drug-likeness (QED) is 0.256. The molecule has 2 heterocycles. The summed E-state index contributed by atoms with van der Waals surface area (Å²) in [7, 11) is 0. The molecule has 12 nitrogen and oxygen atoms in total. The summed E-state index contributed by atoms with van der Waals surface area (Å²) >= 11 is 3.44. The Morgan fingerprint density at radius 3 is 2.15 bits per heavy atom. The zero-order chi connectivity index (χ0) is 34.3. The molecular formula is C32H48N4O8S2. The Balaban J connectivity index is 1.65. The third kappa shape index (κ3) is 10.8. The van der Waals surface area contributed by atoms with Crippen molar-refractivity contribution in [3.05, 3.63) is 35.9 Å². The molecule has 0 aliphatic carbocycles. The van der Waals surface area contributed by atoms with E-state index in [-0.39, 0.29) is 10.5 Å². The second-order valence-electron chi connectivity index (χ2n) is 13.4. The number of hydrogen-bond acceptors (Lipinski definition) is 10. The molecule has 0 saturated carbocycles. The standard InChI is InChI=1S/C32H48N4O8S2/c1-8-12-21(34-26(39)22-17-32(45-15-16-46-32)19-36(22)29(42)44-31(5,6)7)25(38)27(40)33-18-23(37)35-24(20-13-10-9-11-14-20)28(41)43-30(2,3)4/h9-11,13-14,21-22,24-25,38H,8,12,15-19H2,1-7H3,(H,33,40)(H,34,39)(H,35,37)/t21?,22?,24-,25?/m0/s1. The van der Waals surface area contributed by atoms with Crippen LogP contribution < -0.4 is 16.0 Å². The number of carbonyl (C=O) groups excluding carboxylic acids is 5. The molecule has 2 fully saturated rings. The van der Waals surface area contributed by atoms with E-state index in [0.717, 1.165) is 11.5 Å². The van der Waals surface area contributed by atoms with E-state index >= 15 is 0 Å². The molecule has 2 aliphatic rings. The first-order chi connectivity index (χ1) is 21.4. The predicted octanol–water partition coefficient (Wildman–Crippen LogP) is 3.13. The Morgan fingerprint density at radius 2 is 1.59 bits per heavy atom. The van der Waals surface area contributed by atoms with E-state index in [1.807, 2.05) is 6.92 Å². The number of nitrogens with one attached hydrogen (secondary N) is 3. The van der Waals surface area contributed by atoms with Gasteiger partial charge in [-0.15, -0.1) is 23.5 Å². The van der Waals surface area contributed by atoms with Crippen molar-refractivity contribution in [3.8, 4) is 0 Å². The van der Waals surface area contributed by atoms with Gasteiger partial charge in [-0.1, -0.05) is 43.7 Å². The number of aliphatic hydroxyl groups is 1. The summed E-state index contributed by atoms with van der Waals surface area (Å²) in [6.07, 6.45) is -1.04. The van der Waals surface area contributed by atoms with E-state index in [4.69, 9.17) is 9.47 Å². The lowest BCUT2D eigenvalue weighted by Gasteiger charge is -2.30. The van der Waals surface area contributed by atoms with Crippen molar-refractivity contribution >= 4 is 53.3 Å². The van der Waals surface area contributed by atoms with Gasteiger partial charge in [0.25, 0.3) is 5.91 Å². The minimum atomic E-state index is -1.67. The smallest absolute Gasteiger partial charge is 0.411 e. The molecule has 256 valence electrons. The summed E-state index contributed by atoms with van der Waals surface area (Å²) in [5.41, 5.74) is -1.03. The van der Waals surface area contributed by atoms with Gasteiger partial charge in [-0.25, -0.2) is 9.59 Å². The minimum Gasteiger partial charge on any atom is -0.458 e. The van der Waals surface area contributed by atoms with Crippen molar-refractivity contribution in [2.24, 2.45) is 0 Å². The number of benzene rings is 1. The van der Waals surface area contributed by atoms with E-state index in [1.54, 1.807) is 95.4 Å². The van der Waals surface area contributed by atoms with Gasteiger partial charge in [0.15, 0.2) is 12.1 Å². The number of hydrogen-bond donors (Lipinski definition) is 4. The molecule has 2 aliphatic heterocycles. The van der Waals surface area contributed by atoms with Crippen LogP contribution in [0.25, 0.3) is 0 Å². The number of aliphatic hydroxyl groups excluding tert-OH is 1. The fourth-order valence-corrected chi connectivity index (χ4v) is 8.40. The number of nitrogens with zero attached hydrogens (tertiary/aromatic N) is 1. The van der Waals surface area contributed by atoms with Gasteiger partial charge in [-0.2, -0.15) is 0 Å². The first kappa shape index (κ1) is 37.5. The number of ether oxygens (including phenoxy) is 2. The Morgan fingerprint density at radius 1 is 0.978 bits per heavy atom. The van der Waals surface area contributed by atoms with Gasteiger partial charge in [0.2, 0.25) is 11.8 Å². The molecule has 1 spiro atoms. The summed E-state index contributed by atoms with van der Waals surface area (Å²) in [4.78, 5) is 66.9.